The molecular formula is C15H15N3O2. The molecule has 0 spiro atoms. The highest BCUT2D eigenvalue weighted by Crippen LogP contribution is 2.25. The van der Waals surface area contributed by atoms with E-state index in [9.17, 15) is 4.79 Å². The third-order valence-corrected chi connectivity index (χ3v) is 3.30. The Morgan fingerprint density at radius 3 is 2.90 bits per heavy atom. The molecule has 0 atom stereocenters. The molecule has 0 saturated carbocycles. The number of hydrogen-bond donors (Lipinski definition) is 2. The number of nitrogens with one attached hydrogen (secondary N) is 2. The Balaban J connectivity index is 1.90. The van der Waals surface area contributed by atoms with Gasteiger partial charge in [-0.15, -0.1) is 0 Å². The van der Waals surface area contributed by atoms with Gasteiger partial charge in [0, 0.05) is 22.7 Å². The van der Waals surface area contributed by atoms with Gasteiger partial charge in [-0.1, -0.05) is 25.1 Å². The van der Waals surface area contributed by atoms with Crippen LogP contribution in [0.5, 0.6) is 0 Å². The van der Waals surface area contributed by atoms with Gasteiger partial charge in [-0.05, 0) is 19.4 Å². The number of carbonyl (C=O) groups is 1. The summed E-state index contributed by atoms with van der Waals surface area (Å²) >= 11 is 0. The lowest BCUT2D eigenvalue weighted by Crippen LogP contribution is -2.12. The van der Waals surface area contributed by atoms with Gasteiger partial charge in [0.1, 0.15) is 5.58 Å². The van der Waals surface area contributed by atoms with Gasteiger partial charge in [0.25, 0.3) is 5.91 Å². The lowest BCUT2D eigenvalue weighted by molar-refractivity contribution is 0.0997. The summed E-state index contributed by atoms with van der Waals surface area (Å²) < 4.78 is 5.62. The first-order valence-corrected chi connectivity index (χ1v) is 6.52. The Morgan fingerprint density at radius 1 is 1.40 bits per heavy atom. The Labute approximate surface area is 116 Å². The molecule has 0 aliphatic heterocycles. The molecule has 0 bridgehead atoms. The minimum atomic E-state index is -0.284. The highest BCUT2D eigenvalue weighted by atomic mass is 16.3. The van der Waals surface area contributed by atoms with Gasteiger partial charge in [0.2, 0.25) is 0 Å². The van der Waals surface area contributed by atoms with Gasteiger partial charge in [-0.25, -0.2) is 0 Å². The van der Waals surface area contributed by atoms with Crippen molar-refractivity contribution < 1.29 is 9.21 Å². The number of rotatable bonds is 3. The molecule has 3 rings (SSSR count). The van der Waals surface area contributed by atoms with Crippen LogP contribution in [0.15, 0.2) is 34.7 Å². The number of para-hydroxylation sites is 1. The Hall–Kier alpha value is -2.56. The number of aromatic nitrogens is 2. The Bertz CT molecular complexity index is 770. The fourth-order valence-corrected chi connectivity index (χ4v) is 2.17. The predicted octanol–water partition coefficient (Wildman–Crippen LogP) is 3.28. The summed E-state index contributed by atoms with van der Waals surface area (Å²) in [5, 5.41) is 10.6. The fourth-order valence-electron chi connectivity index (χ4n) is 2.17. The van der Waals surface area contributed by atoms with Crippen LogP contribution in [-0.2, 0) is 6.42 Å². The molecule has 20 heavy (non-hydrogen) atoms. The number of hydrogen-bond acceptors (Lipinski definition) is 3. The maximum atomic E-state index is 12.2. The van der Waals surface area contributed by atoms with Crippen LogP contribution in [0.25, 0.3) is 11.0 Å². The standard InChI is InChI=1S/C15H15N3O2/c1-3-10-8-13(18-17-10)16-15(19)14-9(2)11-6-4-5-7-12(11)20-14/h4-8H,3H2,1-2H3,(H2,16,17,18,19). The van der Waals surface area contributed by atoms with E-state index in [-0.39, 0.29) is 5.91 Å². The number of nitrogens with zero attached hydrogens (tertiary/aromatic N) is 1. The number of furan rings is 1. The smallest absolute Gasteiger partial charge is 0.292 e. The molecular weight excluding hydrogens is 254 g/mol. The van der Waals surface area contributed by atoms with Crippen LogP contribution in [0.4, 0.5) is 5.82 Å². The van der Waals surface area contributed by atoms with Crippen molar-refractivity contribution in [3.8, 4) is 0 Å². The molecule has 0 aliphatic rings. The number of H-pyrrole nitrogens is 1. The van der Waals surface area contributed by atoms with Crippen molar-refractivity contribution in [3.05, 3.63) is 47.3 Å². The average molecular weight is 269 g/mol. The number of anilines is 1. The molecule has 0 unspecified atom stereocenters. The quantitative estimate of drug-likeness (QED) is 0.766. The van der Waals surface area contributed by atoms with Crippen LogP contribution >= 0.6 is 0 Å². The van der Waals surface area contributed by atoms with Gasteiger partial charge in [-0.3, -0.25) is 9.89 Å². The topological polar surface area (TPSA) is 70.9 Å². The van der Waals surface area contributed by atoms with Crippen molar-refractivity contribution >= 4 is 22.7 Å². The van der Waals surface area contributed by atoms with E-state index in [0.717, 1.165) is 23.1 Å². The minimum Gasteiger partial charge on any atom is -0.451 e. The van der Waals surface area contributed by atoms with Crippen LogP contribution in [0, 0.1) is 6.92 Å². The van der Waals surface area contributed by atoms with Crippen LogP contribution in [0.1, 0.15) is 28.7 Å². The molecule has 3 aromatic rings. The van der Waals surface area contributed by atoms with Crippen molar-refractivity contribution in [2.75, 3.05) is 5.32 Å². The van der Waals surface area contributed by atoms with Crippen molar-refractivity contribution in [1.29, 1.82) is 0 Å². The van der Waals surface area contributed by atoms with E-state index in [1.165, 1.54) is 0 Å². The van der Waals surface area contributed by atoms with Gasteiger partial charge in [0.05, 0.1) is 0 Å². The zero-order valence-electron chi connectivity index (χ0n) is 11.4. The highest BCUT2D eigenvalue weighted by molar-refractivity contribution is 6.06. The molecule has 5 heteroatoms. The van der Waals surface area contributed by atoms with E-state index in [1.807, 2.05) is 44.2 Å². The number of amides is 1. The molecule has 5 nitrogen and oxygen atoms in total. The molecule has 1 amide bonds. The first-order chi connectivity index (χ1) is 9.69. The second-order valence-electron chi connectivity index (χ2n) is 4.64. The summed E-state index contributed by atoms with van der Waals surface area (Å²) in [6.45, 7) is 3.89. The molecule has 2 heterocycles. The maximum Gasteiger partial charge on any atom is 0.292 e. The van der Waals surface area contributed by atoms with E-state index in [0.29, 0.717) is 17.2 Å². The van der Waals surface area contributed by atoms with E-state index in [4.69, 9.17) is 4.42 Å². The average Bonchev–Trinajstić information content (AvgIpc) is 3.04. The van der Waals surface area contributed by atoms with E-state index >= 15 is 0 Å². The van der Waals surface area contributed by atoms with Gasteiger partial charge < -0.3 is 9.73 Å². The molecule has 0 radical (unpaired) electrons. The second kappa shape index (κ2) is 4.85. The number of benzene rings is 1. The number of aromatic amines is 1. The van der Waals surface area contributed by atoms with Crippen molar-refractivity contribution in [3.63, 3.8) is 0 Å². The predicted molar refractivity (Wildman–Crippen MR) is 76.9 cm³/mol. The summed E-state index contributed by atoms with van der Waals surface area (Å²) in [5.74, 6) is 0.548. The second-order valence-corrected chi connectivity index (χ2v) is 4.64. The third kappa shape index (κ3) is 2.07. The molecule has 2 N–H and O–H groups in total. The summed E-state index contributed by atoms with van der Waals surface area (Å²) in [4.78, 5) is 12.2. The number of aryl methyl sites for hydroxylation is 2. The maximum absolute atomic E-state index is 12.2. The van der Waals surface area contributed by atoms with E-state index < -0.39 is 0 Å². The van der Waals surface area contributed by atoms with Gasteiger partial charge >= 0.3 is 0 Å². The minimum absolute atomic E-state index is 0.284. The zero-order valence-corrected chi connectivity index (χ0v) is 11.4. The molecule has 102 valence electrons. The molecule has 0 saturated heterocycles. The van der Waals surface area contributed by atoms with E-state index in [1.54, 1.807) is 0 Å². The van der Waals surface area contributed by atoms with Crippen LogP contribution in [0.3, 0.4) is 0 Å². The summed E-state index contributed by atoms with van der Waals surface area (Å²) in [5.41, 5.74) is 2.53. The van der Waals surface area contributed by atoms with Crippen LogP contribution in [0.2, 0.25) is 0 Å². The molecule has 0 fully saturated rings. The first kappa shape index (κ1) is 12.5. The van der Waals surface area contributed by atoms with Gasteiger partial charge in [-0.2, -0.15) is 5.10 Å². The SMILES string of the molecule is CCc1cc(NC(=O)c2oc3ccccc3c2C)n[nH]1. The monoisotopic (exact) mass is 269 g/mol. The number of fused-ring (bicyclic) bond motifs is 1. The zero-order chi connectivity index (χ0) is 14.1. The van der Waals surface area contributed by atoms with Gasteiger partial charge in [0.15, 0.2) is 11.6 Å². The van der Waals surface area contributed by atoms with Crippen molar-refractivity contribution in [1.82, 2.24) is 10.2 Å². The van der Waals surface area contributed by atoms with Crippen LogP contribution < -0.4 is 5.32 Å². The van der Waals surface area contributed by atoms with Crippen molar-refractivity contribution in [2.45, 2.75) is 20.3 Å². The number of carbonyl (C=O) groups excluding carboxylic acids is 1. The fraction of sp³-hybridized carbons (Fsp3) is 0.200. The van der Waals surface area contributed by atoms with Crippen molar-refractivity contribution in [2.24, 2.45) is 0 Å². The highest BCUT2D eigenvalue weighted by Gasteiger charge is 2.18. The van der Waals surface area contributed by atoms with E-state index in [2.05, 4.69) is 15.5 Å². The lowest BCUT2D eigenvalue weighted by Gasteiger charge is -1.98. The normalized spacial score (nSPS) is 10.9. The lowest BCUT2D eigenvalue weighted by atomic mass is 10.1. The molecule has 2 aromatic heterocycles. The summed E-state index contributed by atoms with van der Waals surface area (Å²) in [7, 11) is 0. The molecule has 0 aliphatic carbocycles. The van der Waals surface area contributed by atoms with Crippen LogP contribution in [-0.4, -0.2) is 16.1 Å². The Kier molecular flexibility index (Phi) is 3.02. The summed E-state index contributed by atoms with van der Waals surface area (Å²) in [6.07, 6.45) is 0.840. The Morgan fingerprint density at radius 2 is 2.20 bits per heavy atom. The molecule has 1 aromatic carbocycles. The third-order valence-electron chi connectivity index (χ3n) is 3.30. The largest absolute Gasteiger partial charge is 0.451 e. The first-order valence-electron chi connectivity index (χ1n) is 6.52. The summed E-state index contributed by atoms with van der Waals surface area (Å²) in [6, 6.07) is 9.41.